The molecule has 0 unspecified atom stereocenters. The second kappa shape index (κ2) is 6.71. The first kappa shape index (κ1) is 16.2. The molecule has 0 radical (unpaired) electrons. The van der Waals surface area contributed by atoms with Gasteiger partial charge in [0.05, 0.1) is 11.9 Å². The molecule has 1 aromatic heterocycles. The van der Waals surface area contributed by atoms with Gasteiger partial charge in [0.2, 0.25) is 15.9 Å². The topological polar surface area (TPSA) is 80.2 Å². The minimum absolute atomic E-state index is 0.0102. The number of anilines is 1. The Balaban J connectivity index is 2.01. The van der Waals surface area contributed by atoms with Gasteiger partial charge in [-0.3, -0.25) is 4.79 Å². The molecule has 0 spiro atoms. The van der Waals surface area contributed by atoms with E-state index in [2.05, 4.69) is 10.0 Å². The van der Waals surface area contributed by atoms with Crippen LogP contribution in [0.5, 0.6) is 0 Å². The fourth-order valence-electron chi connectivity index (χ4n) is 1.86. The highest BCUT2D eigenvalue weighted by Crippen LogP contribution is 2.19. The Labute approximate surface area is 128 Å². The van der Waals surface area contributed by atoms with Gasteiger partial charge in [0.15, 0.2) is 0 Å². The van der Waals surface area contributed by atoms with Crippen LogP contribution in [0.2, 0.25) is 0 Å². The summed E-state index contributed by atoms with van der Waals surface area (Å²) in [6.45, 7) is 0.0102. The number of carbonyl (C=O) groups is 1. The van der Waals surface area contributed by atoms with Gasteiger partial charge in [-0.05, 0) is 30.3 Å². The molecular weight excluding hydrogens is 309 g/mol. The van der Waals surface area contributed by atoms with Crippen LogP contribution in [0, 0.1) is 5.82 Å². The summed E-state index contributed by atoms with van der Waals surface area (Å²) in [7, 11) is -3.32. The van der Waals surface area contributed by atoms with Crippen molar-refractivity contribution >= 4 is 21.6 Å². The van der Waals surface area contributed by atoms with Gasteiger partial charge in [0.1, 0.15) is 5.82 Å². The van der Waals surface area contributed by atoms with Crippen molar-refractivity contribution in [2.75, 3.05) is 18.1 Å². The van der Waals surface area contributed by atoms with Crippen molar-refractivity contribution < 1.29 is 17.6 Å². The number of sulfonamides is 1. The predicted octanol–water partition coefficient (Wildman–Crippen LogP) is 1.49. The molecule has 0 saturated carbocycles. The maximum atomic E-state index is 13.8. The average molecular weight is 325 g/mol. The highest BCUT2D eigenvalue weighted by atomic mass is 32.2. The van der Waals surface area contributed by atoms with Gasteiger partial charge in [-0.15, -0.1) is 0 Å². The standard InChI is InChI=1S/C14H16FN3O3S/c1-22(20,21)16-7-6-14(19)17-11-4-5-12(15)13(10-11)18-8-2-3-9-18/h2-5,8-10,16H,6-7H2,1H3,(H,17,19). The van der Waals surface area contributed by atoms with Crippen LogP contribution in [0.15, 0.2) is 42.7 Å². The summed E-state index contributed by atoms with van der Waals surface area (Å²) < 4.78 is 39.4. The van der Waals surface area contributed by atoms with Crippen LogP contribution in [0.25, 0.3) is 5.69 Å². The first-order chi connectivity index (χ1) is 10.3. The van der Waals surface area contributed by atoms with Gasteiger partial charge in [0.25, 0.3) is 0 Å². The molecule has 0 aliphatic heterocycles. The summed E-state index contributed by atoms with van der Waals surface area (Å²) in [6.07, 6.45) is 4.40. The molecule has 0 aliphatic rings. The minimum Gasteiger partial charge on any atom is -0.326 e. The van der Waals surface area contributed by atoms with Gasteiger partial charge < -0.3 is 9.88 Å². The Morgan fingerprint density at radius 1 is 1.27 bits per heavy atom. The minimum atomic E-state index is -3.32. The predicted molar refractivity (Wildman–Crippen MR) is 81.8 cm³/mol. The van der Waals surface area contributed by atoms with E-state index in [0.29, 0.717) is 11.4 Å². The van der Waals surface area contributed by atoms with Crippen molar-refractivity contribution in [2.45, 2.75) is 6.42 Å². The fourth-order valence-corrected chi connectivity index (χ4v) is 2.33. The third kappa shape index (κ3) is 4.68. The number of halogens is 1. The summed E-state index contributed by atoms with van der Waals surface area (Å²) >= 11 is 0. The van der Waals surface area contributed by atoms with E-state index in [9.17, 15) is 17.6 Å². The first-order valence-corrected chi connectivity index (χ1v) is 8.42. The summed E-state index contributed by atoms with van der Waals surface area (Å²) in [5, 5.41) is 2.60. The molecule has 1 aromatic carbocycles. The molecular formula is C14H16FN3O3S. The third-order valence-electron chi connectivity index (χ3n) is 2.83. The number of aromatic nitrogens is 1. The lowest BCUT2D eigenvalue weighted by Gasteiger charge is -2.09. The van der Waals surface area contributed by atoms with Crippen molar-refractivity contribution in [3.05, 3.63) is 48.5 Å². The Morgan fingerprint density at radius 3 is 2.59 bits per heavy atom. The number of rotatable bonds is 6. The van der Waals surface area contributed by atoms with Crippen LogP contribution in [0.3, 0.4) is 0 Å². The van der Waals surface area contributed by atoms with Crippen molar-refractivity contribution in [3.63, 3.8) is 0 Å². The lowest BCUT2D eigenvalue weighted by Crippen LogP contribution is -2.26. The van der Waals surface area contributed by atoms with Crippen molar-refractivity contribution in [1.29, 1.82) is 0 Å². The molecule has 0 fully saturated rings. The molecule has 2 aromatic rings. The number of hydrogen-bond donors (Lipinski definition) is 2. The molecule has 22 heavy (non-hydrogen) atoms. The van der Waals surface area contributed by atoms with Gasteiger partial charge in [-0.2, -0.15) is 0 Å². The smallest absolute Gasteiger partial charge is 0.225 e. The van der Waals surface area contributed by atoms with Gasteiger partial charge >= 0.3 is 0 Å². The van der Waals surface area contributed by atoms with E-state index >= 15 is 0 Å². The normalized spacial score (nSPS) is 11.4. The monoisotopic (exact) mass is 325 g/mol. The molecule has 0 aliphatic carbocycles. The number of nitrogens with zero attached hydrogens (tertiary/aromatic N) is 1. The summed E-state index contributed by atoms with van der Waals surface area (Å²) in [5.41, 5.74) is 0.756. The van der Waals surface area contributed by atoms with E-state index in [1.54, 1.807) is 29.1 Å². The lowest BCUT2D eigenvalue weighted by molar-refractivity contribution is -0.116. The Bertz CT molecular complexity index is 758. The number of benzene rings is 1. The maximum Gasteiger partial charge on any atom is 0.225 e. The van der Waals surface area contributed by atoms with E-state index < -0.39 is 15.8 Å². The van der Waals surface area contributed by atoms with E-state index in [1.165, 1.54) is 18.2 Å². The van der Waals surface area contributed by atoms with Crippen LogP contribution in [-0.2, 0) is 14.8 Å². The summed E-state index contributed by atoms with van der Waals surface area (Å²) in [4.78, 5) is 11.7. The zero-order chi connectivity index (χ0) is 16.2. The van der Waals surface area contributed by atoms with E-state index in [-0.39, 0.29) is 18.9 Å². The quantitative estimate of drug-likeness (QED) is 0.844. The zero-order valence-electron chi connectivity index (χ0n) is 11.9. The van der Waals surface area contributed by atoms with Gasteiger partial charge in [-0.1, -0.05) is 0 Å². The first-order valence-electron chi connectivity index (χ1n) is 6.52. The van der Waals surface area contributed by atoms with Crippen LogP contribution >= 0.6 is 0 Å². The molecule has 118 valence electrons. The Hall–Kier alpha value is -2.19. The summed E-state index contributed by atoms with van der Waals surface area (Å²) in [5.74, 6) is -0.769. The van der Waals surface area contributed by atoms with E-state index in [1.807, 2.05) is 0 Å². The highest BCUT2D eigenvalue weighted by molar-refractivity contribution is 7.88. The second-order valence-corrected chi connectivity index (χ2v) is 6.55. The molecule has 1 amide bonds. The Kier molecular flexibility index (Phi) is 4.94. The van der Waals surface area contributed by atoms with E-state index in [0.717, 1.165) is 6.26 Å². The van der Waals surface area contributed by atoms with Crippen molar-refractivity contribution in [3.8, 4) is 5.69 Å². The highest BCUT2D eigenvalue weighted by Gasteiger charge is 2.08. The number of amides is 1. The SMILES string of the molecule is CS(=O)(=O)NCCC(=O)Nc1ccc(F)c(-n2cccc2)c1. The average Bonchev–Trinajstić information content (AvgIpc) is 2.93. The molecule has 8 heteroatoms. The molecule has 2 rings (SSSR count). The number of hydrogen-bond acceptors (Lipinski definition) is 3. The number of carbonyl (C=O) groups excluding carboxylic acids is 1. The lowest BCUT2D eigenvalue weighted by atomic mass is 10.2. The summed E-state index contributed by atoms with van der Waals surface area (Å²) in [6, 6.07) is 7.75. The largest absolute Gasteiger partial charge is 0.326 e. The van der Waals surface area contributed by atoms with Gasteiger partial charge in [0, 0.05) is 31.0 Å². The van der Waals surface area contributed by atoms with Gasteiger partial charge in [-0.25, -0.2) is 17.5 Å². The molecule has 0 bridgehead atoms. The second-order valence-electron chi connectivity index (χ2n) is 4.72. The molecule has 6 nitrogen and oxygen atoms in total. The zero-order valence-corrected chi connectivity index (χ0v) is 12.7. The molecule has 2 N–H and O–H groups in total. The molecule has 1 heterocycles. The fraction of sp³-hybridized carbons (Fsp3) is 0.214. The van der Waals surface area contributed by atoms with Crippen LogP contribution < -0.4 is 10.0 Å². The van der Waals surface area contributed by atoms with Crippen LogP contribution in [0.1, 0.15) is 6.42 Å². The van der Waals surface area contributed by atoms with E-state index in [4.69, 9.17) is 0 Å². The van der Waals surface area contributed by atoms with Crippen molar-refractivity contribution in [2.24, 2.45) is 0 Å². The van der Waals surface area contributed by atoms with Crippen LogP contribution in [-0.4, -0.2) is 31.7 Å². The third-order valence-corrected chi connectivity index (χ3v) is 3.56. The van der Waals surface area contributed by atoms with Crippen LogP contribution in [0.4, 0.5) is 10.1 Å². The van der Waals surface area contributed by atoms with Crippen molar-refractivity contribution in [1.82, 2.24) is 9.29 Å². The Morgan fingerprint density at radius 2 is 1.95 bits per heavy atom. The molecule has 0 atom stereocenters. The molecule has 0 saturated heterocycles. The number of nitrogens with one attached hydrogen (secondary N) is 2. The maximum absolute atomic E-state index is 13.8.